The molecular formula is C22H19ClFNO3S2. The van der Waals surface area contributed by atoms with E-state index in [-0.39, 0.29) is 24.4 Å². The molecule has 30 heavy (non-hydrogen) atoms. The molecule has 0 spiro atoms. The van der Waals surface area contributed by atoms with Gasteiger partial charge in [-0.25, -0.2) is 4.39 Å². The fourth-order valence-electron chi connectivity index (χ4n) is 3.30. The Kier molecular flexibility index (Phi) is 6.73. The highest BCUT2D eigenvalue weighted by Gasteiger charge is 2.34. The first-order valence-corrected chi connectivity index (χ1v) is 11.1. The van der Waals surface area contributed by atoms with Gasteiger partial charge in [-0.1, -0.05) is 59.8 Å². The van der Waals surface area contributed by atoms with Crippen LogP contribution in [0.4, 0.5) is 4.39 Å². The number of thioether (sulfide) groups is 1. The minimum Gasteiger partial charge on any atom is -0.487 e. The van der Waals surface area contributed by atoms with Gasteiger partial charge in [-0.15, -0.1) is 0 Å². The first kappa shape index (κ1) is 21.3. The van der Waals surface area contributed by atoms with Gasteiger partial charge < -0.3 is 9.47 Å². The molecule has 2 aliphatic rings. The van der Waals surface area contributed by atoms with E-state index in [9.17, 15) is 9.18 Å². The predicted molar refractivity (Wildman–Crippen MR) is 121 cm³/mol. The fourth-order valence-corrected chi connectivity index (χ4v) is 4.81. The van der Waals surface area contributed by atoms with E-state index in [0.29, 0.717) is 32.1 Å². The largest absolute Gasteiger partial charge is 0.487 e. The molecule has 4 nitrogen and oxygen atoms in total. The normalized spacial score (nSPS) is 20.4. The SMILES string of the molecule is O=C1/C(=C/c2ccc(OCc3ccccc3F)c(Cl)c2)SC(=S)N1CC1CCCO1. The molecule has 0 aliphatic carbocycles. The standard InChI is InChI=1S/C22H19ClFNO3S2/c23-17-10-14(7-8-19(17)28-13-15-4-1-2-6-18(15)24)11-20-21(26)25(22(29)30-20)12-16-5-3-9-27-16/h1-2,4,6-8,10-11,16H,3,5,9,12-13H2/b20-11-. The average Bonchev–Trinajstić information content (AvgIpc) is 3.33. The van der Waals surface area contributed by atoms with Crippen LogP contribution in [0, 0.1) is 5.82 Å². The number of carbonyl (C=O) groups excluding carboxylic acids is 1. The topological polar surface area (TPSA) is 38.8 Å². The fraction of sp³-hybridized carbons (Fsp3) is 0.273. The first-order chi connectivity index (χ1) is 14.5. The maximum absolute atomic E-state index is 13.7. The van der Waals surface area contributed by atoms with Crippen molar-refractivity contribution in [3.8, 4) is 5.75 Å². The molecule has 1 amide bonds. The molecule has 0 aromatic heterocycles. The monoisotopic (exact) mass is 463 g/mol. The minimum absolute atomic E-state index is 0.0483. The van der Waals surface area contributed by atoms with Crippen molar-refractivity contribution in [2.75, 3.05) is 13.2 Å². The van der Waals surface area contributed by atoms with Crippen molar-refractivity contribution in [3.05, 3.63) is 69.3 Å². The van der Waals surface area contributed by atoms with E-state index in [1.807, 2.05) is 0 Å². The molecule has 4 rings (SSSR count). The van der Waals surface area contributed by atoms with Gasteiger partial charge in [0.25, 0.3) is 5.91 Å². The average molecular weight is 464 g/mol. The van der Waals surface area contributed by atoms with Gasteiger partial charge in [0.15, 0.2) is 0 Å². The van der Waals surface area contributed by atoms with Gasteiger partial charge in [-0.05, 0) is 42.7 Å². The molecule has 2 aromatic carbocycles. The lowest BCUT2D eigenvalue weighted by Gasteiger charge is -2.18. The summed E-state index contributed by atoms with van der Waals surface area (Å²) in [6.07, 6.45) is 3.77. The molecule has 2 heterocycles. The second-order valence-corrected chi connectivity index (χ2v) is 9.08. The van der Waals surface area contributed by atoms with Crippen LogP contribution in [0.15, 0.2) is 47.4 Å². The Morgan fingerprint density at radius 2 is 2.17 bits per heavy atom. The Morgan fingerprint density at radius 3 is 2.90 bits per heavy atom. The Labute approximate surface area is 189 Å². The Balaban J connectivity index is 1.43. The molecule has 1 atom stereocenters. The molecule has 0 saturated carbocycles. The molecule has 2 fully saturated rings. The molecular weight excluding hydrogens is 445 g/mol. The maximum Gasteiger partial charge on any atom is 0.266 e. The van der Waals surface area contributed by atoms with Crippen molar-refractivity contribution in [2.45, 2.75) is 25.6 Å². The molecule has 2 saturated heterocycles. The number of hydrogen-bond acceptors (Lipinski definition) is 5. The summed E-state index contributed by atoms with van der Waals surface area (Å²) in [5, 5.41) is 0.384. The predicted octanol–water partition coefficient (Wildman–Crippen LogP) is 5.44. The number of hydrogen-bond donors (Lipinski definition) is 0. The van der Waals surface area contributed by atoms with Crippen LogP contribution in [0.2, 0.25) is 5.02 Å². The van der Waals surface area contributed by atoms with Gasteiger partial charge in [0.2, 0.25) is 0 Å². The molecule has 1 unspecified atom stereocenters. The van der Waals surface area contributed by atoms with Crippen molar-refractivity contribution in [3.63, 3.8) is 0 Å². The van der Waals surface area contributed by atoms with Crippen LogP contribution in [-0.4, -0.2) is 34.4 Å². The zero-order valence-electron chi connectivity index (χ0n) is 16.0. The van der Waals surface area contributed by atoms with E-state index in [4.69, 9.17) is 33.3 Å². The molecule has 0 N–H and O–H groups in total. The summed E-state index contributed by atoms with van der Waals surface area (Å²) in [7, 11) is 0. The molecule has 0 bridgehead atoms. The van der Waals surface area contributed by atoms with Crippen molar-refractivity contribution in [1.29, 1.82) is 0 Å². The van der Waals surface area contributed by atoms with E-state index in [0.717, 1.165) is 25.0 Å². The summed E-state index contributed by atoms with van der Waals surface area (Å²) in [4.78, 5) is 14.9. The van der Waals surface area contributed by atoms with Crippen LogP contribution < -0.4 is 4.74 Å². The van der Waals surface area contributed by atoms with Gasteiger partial charge in [0, 0.05) is 12.2 Å². The zero-order chi connectivity index (χ0) is 21.1. The number of carbonyl (C=O) groups is 1. The molecule has 0 radical (unpaired) electrons. The number of halogens is 2. The van der Waals surface area contributed by atoms with Gasteiger partial charge in [-0.2, -0.15) is 0 Å². The van der Waals surface area contributed by atoms with Gasteiger partial charge in [-0.3, -0.25) is 9.69 Å². The quantitative estimate of drug-likeness (QED) is 0.421. The van der Waals surface area contributed by atoms with Crippen LogP contribution in [0.1, 0.15) is 24.0 Å². The third kappa shape index (κ3) is 4.86. The minimum atomic E-state index is -0.324. The number of amides is 1. The van der Waals surface area contributed by atoms with E-state index < -0.39 is 0 Å². The molecule has 2 aromatic rings. The lowest BCUT2D eigenvalue weighted by atomic mass is 10.2. The van der Waals surface area contributed by atoms with Crippen LogP contribution in [-0.2, 0) is 16.1 Å². The summed E-state index contributed by atoms with van der Waals surface area (Å²) < 4.78 is 25.5. The third-order valence-corrected chi connectivity index (χ3v) is 6.55. The second-order valence-electron chi connectivity index (χ2n) is 7.00. The third-order valence-electron chi connectivity index (χ3n) is 4.88. The number of nitrogens with zero attached hydrogens (tertiary/aromatic N) is 1. The highest BCUT2D eigenvalue weighted by Crippen LogP contribution is 2.35. The number of benzene rings is 2. The smallest absolute Gasteiger partial charge is 0.266 e. The lowest BCUT2D eigenvalue weighted by Crippen LogP contribution is -2.35. The lowest BCUT2D eigenvalue weighted by molar-refractivity contribution is -0.123. The summed E-state index contributed by atoms with van der Waals surface area (Å²) in [6, 6.07) is 11.7. The van der Waals surface area contributed by atoms with Crippen LogP contribution >= 0.6 is 35.6 Å². The second kappa shape index (κ2) is 9.47. The van der Waals surface area contributed by atoms with E-state index in [1.165, 1.54) is 17.8 Å². The maximum atomic E-state index is 13.7. The van der Waals surface area contributed by atoms with Crippen LogP contribution in [0.5, 0.6) is 5.75 Å². The summed E-state index contributed by atoms with van der Waals surface area (Å²) in [5.74, 6) is 0.00905. The van der Waals surface area contributed by atoms with Gasteiger partial charge in [0.1, 0.15) is 22.5 Å². The molecule has 156 valence electrons. The molecule has 8 heteroatoms. The number of ether oxygens (including phenoxy) is 2. The van der Waals surface area contributed by atoms with Crippen molar-refractivity contribution < 1.29 is 18.7 Å². The van der Waals surface area contributed by atoms with Crippen molar-refractivity contribution in [1.82, 2.24) is 4.90 Å². The van der Waals surface area contributed by atoms with Crippen molar-refractivity contribution in [2.24, 2.45) is 0 Å². The molecule has 2 aliphatic heterocycles. The Bertz CT molecular complexity index is 1010. The summed E-state index contributed by atoms with van der Waals surface area (Å²) >= 11 is 13.0. The van der Waals surface area contributed by atoms with Crippen molar-refractivity contribution >= 4 is 51.9 Å². The number of rotatable bonds is 6. The van der Waals surface area contributed by atoms with E-state index in [1.54, 1.807) is 47.4 Å². The van der Waals surface area contributed by atoms with Gasteiger partial charge in [0.05, 0.1) is 22.6 Å². The Hall–Kier alpha value is -1.93. The Morgan fingerprint density at radius 1 is 1.33 bits per heavy atom. The highest BCUT2D eigenvalue weighted by atomic mass is 35.5. The van der Waals surface area contributed by atoms with Crippen LogP contribution in [0.25, 0.3) is 6.08 Å². The van der Waals surface area contributed by atoms with E-state index >= 15 is 0 Å². The summed E-state index contributed by atoms with van der Waals surface area (Å²) in [6.45, 7) is 1.30. The number of thiocarbonyl (C=S) groups is 1. The highest BCUT2D eigenvalue weighted by molar-refractivity contribution is 8.26. The first-order valence-electron chi connectivity index (χ1n) is 9.54. The van der Waals surface area contributed by atoms with Gasteiger partial charge >= 0.3 is 0 Å². The van der Waals surface area contributed by atoms with Crippen LogP contribution in [0.3, 0.4) is 0 Å². The van der Waals surface area contributed by atoms with E-state index in [2.05, 4.69) is 0 Å². The zero-order valence-corrected chi connectivity index (χ0v) is 18.4. The summed E-state index contributed by atoms with van der Waals surface area (Å²) in [5.41, 5.74) is 1.21.